The highest BCUT2D eigenvalue weighted by molar-refractivity contribution is 9.10. The second-order valence-electron chi connectivity index (χ2n) is 5.17. The van der Waals surface area contributed by atoms with E-state index in [0.717, 1.165) is 40.6 Å². The number of aromatic nitrogens is 2. The van der Waals surface area contributed by atoms with E-state index in [0.29, 0.717) is 5.92 Å². The van der Waals surface area contributed by atoms with Crippen molar-refractivity contribution in [1.82, 2.24) is 9.97 Å². The van der Waals surface area contributed by atoms with Gasteiger partial charge in [0, 0.05) is 32.8 Å². The zero-order valence-corrected chi connectivity index (χ0v) is 15.2. The van der Waals surface area contributed by atoms with Gasteiger partial charge in [-0.3, -0.25) is 0 Å². The summed E-state index contributed by atoms with van der Waals surface area (Å²) in [6.07, 6.45) is 0. The second-order valence-corrected chi connectivity index (χ2v) is 7.09. The molecule has 21 heavy (non-hydrogen) atoms. The molecule has 2 aromatic heterocycles. The third-order valence-corrected chi connectivity index (χ3v) is 4.77. The Morgan fingerprint density at radius 3 is 2.43 bits per heavy atom. The minimum atomic E-state index is 0.305. The van der Waals surface area contributed by atoms with Crippen molar-refractivity contribution in [1.29, 1.82) is 0 Å². The van der Waals surface area contributed by atoms with Crippen molar-refractivity contribution in [3.8, 4) is 0 Å². The fourth-order valence-corrected chi connectivity index (χ4v) is 3.31. The molecule has 0 aliphatic rings. The first-order valence-corrected chi connectivity index (χ1v) is 8.77. The van der Waals surface area contributed by atoms with Gasteiger partial charge in [-0.25, -0.2) is 9.97 Å². The van der Waals surface area contributed by atoms with Crippen LogP contribution in [0.3, 0.4) is 0 Å². The molecule has 4 nitrogen and oxygen atoms in total. The van der Waals surface area contributed by atoms with Crippen molar-refractivity contribution in [2.75, 3.05) is 17.2 Å². The first-order chi connectivity index (χ1) is 10.0. The topological polar surface area (TPSA) is 49.8 Å². The van der Waals surface area contributed by atoms with Gasteiger partial charge >= 0.3 is 0 Å². The molecule has 0 bridgehead atoms. The number of hydrogen-bond acceptors (Lipinski definition) is 5. The van der Waals surface area contributed by atoms with E-state index in [1.807, 2.05) is 0 Å². The summed E-state index contributed by atoms with van der Waals surface area (Å²) >= 11 is 5.21. The summed E-state index contributed by atoms with van der Waals surface area (Å²) < 4.78 is 1.12. The van der Waals surface area contributed by atoms with Crippen molar-refractivity contribution in [3.63, 3.8) is 0 Å². The summed E-state index contributed by atoms with van der Waals surface area (Å²) in [6.45, 7) is 9.98. The van der Waals surface area contributed by atoms with Crippen molar-refractivity contribution in [2.45, 2.75) is 40.2 Å². The quantitative estimate of drug-likeness (QED) is 0.770. The average molecular weight is 369 g/mol. The molecule has 0 amide bonds. The van der Waals surface area contributed by atoms with Crippen LogP contribution in [0.2, 0.25) is 0 Å². The molecule has 0 atom stereocenters. The van der Waals surface area contributed by atoms with Gasteiger partial charge in [-0.2, -0.15) is 0 Å². The lowest BCUT2D eigenvalue weighted by atomic mass is 10.2. The Balaban J connectivity index is 2.23. The zero-order chi connectivity index (χ0) is 15.4. The van der Waals surface area contributed by atoms with Gasteiger partial charge in [0.25, 0.3) is 0 Å². The minimum absolute atomic E-state index is 0.305. The number of thiophene rings is 1. The van der Waals surface area contributed by atoms with Gasteiger partial charge in [0.05, 0.1) is 6.54 Å². The molecule has 0 unspecified atom stereocenters. The molecular formula is C15H21BrN4S. The maximum absolute atomic E-state index is 4.67. The molecule has 2 aromatic rings. The van der Waals surface area contributed by atoms with Gasteiger partial charge in [0.2, 0.25) is 0 Å². The molecule has 0 aliphatic carbocycles. The second kappa shape index (κ2) is 7.22. The zero-order valence-electron chi connectivity index (χ0n) is 12.8. The van der Waals surface area contributed by atoms with Crippen LogP contribution in [0.1, 0.15) is 43.0 Å². The number of anilines is 2. The van der Waals surface area contributed by atoms with E-state index in [1.54, 1.807) is 11.3 Å². The van der Waals surface area contributed by atoms with Gasteiger partial charge in [0.1, 0.15) is 17.5 Å². The maximum atomic E-state index is 4.67. The van der Waals surface area contributed by atoms with Crippen LogP contribution in [0.4, 0.5) is 11.6 Å². The van der Waals surface area contributed by atoms with Crippen molar-refractivity contribution in [3.05, 3.63) is 32.2 Å². The molecule has 0 aromatic carbocycles. The maximum Gasteiger partial charge on any atom is 0.135 e. The highest BCUT2D eigenvalue weighted by Crippen LogP contribution is 2.25. The standard InChI is InChI=1S/C15H21BrN4S/c1-5-17-14-10(4)15(20-13(19-14)9(2)3)18-7-12-6-11(16)8-21-12/h6,8-9H,5,7H2,1-4H3,(H2,17,18,19,20). The predicted molar refractivity (Wildman–Crippen MR) is 94.4 cm³/mol. The molecule has 0 aliphatic heterocycles. The van der Waals surface area contributed by atoms with E-state index in [4.69, 9.17) is 0 Å². The SMILES string of the molecule is CCNc1nc(C(C)C)nc(NCc2cc(Br)cs2)c1C. The van der Waals surface area contributed by atoms with E-state index in [1.165, 1.54) is 4.88 Å². The van der Waals surface area contributed by atoms with Crippen LogP contribution >= 0.6 is 27.3 Å². The van der Waals surface area contributed by atoms with Gasteiger partial charge in [-0.05, 0) is 35.8 Å². The van der Waals surface area contributed by atoms with Gasteiger partial charge in [-0.15, -0.1) is 11.3 Å². The van der Waals surface area contributed by atoms with Crippen LogP contribution in [-0.4, -0.2) is 16.5 Å². The summed E-state index contributed by atoms with van der Waals surface area (Å²) in [5, 5.41) is 8.84. The van der Waals surface area contributed by atoms with E-state index >= 15 is 0 Å². The van der Waals surface area contributed by atoms with Gasteiger partial charge in [0.15, 0.2) is 0 Å². The molecule has 2 N–H and O–H groups in total. The van der Waals surface area contributed by atoms with E-state index < -0.39 is 0 Å². The summed E-state index contributed by atoms with van der Waals surface area (Å²) in [5.74, 6) is 3.01. The molecule has 0 radical (unpaired) electrons. The van der Waals surface area contributed by atoms with Crippen LogP contribution in [0, 0.1) is 6.92 Å². The number of nitrogens with one attached hydrogen (secondary N) is 2. The molecule has 2 heterocycles. The summed E-state index contributed by atoms with van der Waals surface area (Å²) in [6, 6.07) is 2.13. The van der Waals surface area contributed by atoms with Crippen molar-refractivity contribution >= 4 is 38.9 Å². The molecule has 114 valence electrons. The predicted octanol–water partition coefficient (Wildman–Crippen LogP) is 4.78. The van der Waals surface area contributed by atoms with E-state index in [-0.39, 0.29) is 0 Å². The smallest absolute Gasteiger partial charge is 0.135 e. The van der Waals surface area contributed by atoms with Crippen LogP contribution in [0.25, 0.3) is 0 Å². The highest BCUT2D eigenvalue weighted by atomic mass is 79.9. The minimum Gasteiger partial charge on any atom is -0.370 e. The highest BCUT2D eigenvalue weighted by Gasteiger charge is 2.12. The number of rotatable bonds is 6. The largest absolute Gasteiger partial charge is 0.370 e. The lowest BCUT2D eigenvalue weighted by Crippen LogP contribution is -2.11. The lowest BCUT2D eigenvalue weighted by molar-refractivity contribution is 0.772. The molecule has 0 saturated carbocycles. The lowest BCUT2D eigenvalue weighted by Gasteiger charge is -2.15. The van der Waals surface area contributed by atoms with Crippen molar-refractivity contribution < 1.29 is 0 Å². The van der Waals surface area contributed by atoms with Crippen LogP contribution in [0.5, 0.6) is 0 Å². The first-order valence-electron chi connectivity index (χ1n) is 7.10. The molecule has 0 saturated heterocycles. The Labute approximate surface area is 138 Å². The molecule has 2 rings (SSSR count). The van der Waals surface area contributed by atoms with Gasteiger partial charge in [-0.1, -0.05) is 13.8 Å². The Bertz CT molecular complexity index is 610. The Hall–Kier alpha value is -1.14. The Morgan fingerprint density at radius 2 is 1.90 bits per heavy atom. The van der Waals surface area contributed by atoms with E-state index in [9.17, 15) is 0 Å². The average Bonchev–Trinajstić information content (AvgIpc) is 2.85. The summed E-state index contributed by atoms with van der Waals surface area (Å²) in [7, 11) is 0. The fourth-order valence-electron chi connectivity index (χ4n) is 1.92. The number of hydrogen-bond donors (Lipinski definition) is 2. The number of halogens is 1. The molecular weight excluding hydrogens is 348 g/mol. The Kier molecular flexibility index (Phi) is 5.58. The third-order valence-electron chi connectivity index (χ3n) is 3.08. The summed E-state index contributed by atoms with van der Waals surface area (Å²) in [5.41, 5.74) is 1.07. The van der Waals surface area contributed by atoms with Gasteiger partial charge < -0.3 is 10.6 Å². The van der Waals surface area contributed by atoms with Crippen LogP contribution < -0.4 is 10.6 Å². The Morgan fingerprint density at radius 1 is 1.24 bits per heavy atom. The summed E-state index contributed by atoms with van der Waals surface area (Å²) in [4.78, 5) is 10.6. The molecule has 0 spiro atoms. The number of nitrogens with zero attached hydrogens (tertiary/aromatic N) is 2. The normalized spacial score (nSPS) is 11.0. The fraction of sp³-hybridized carbons (Fsp3) is 0.467. The monoisotopic (exact) mass is 368 g/mol. The third kappa shape index (κ3) is 4.17. The van der Waals surface area contributed by atoms with E-state index in [2.05, 4.69) is 75.7 Å². The molecule has 6 heteroatoms. The van der Waals surface area contributed by atoms with Crippen molar-refractivity contribution in [2.24, 2.45) is 0 Å². The van der Waals surface area contributed by atoms with Crippen LogP contribution in [-0.2, 0) is 6.54 Å². The van der Waals surface area contributed by atoms with Crippen LogP contribution in [0.15, 0.2) is 15.9 Å². The molecule has 0 fully saturated rings. The first kappa shape index (κ1) is 16.2.